The van der Waals surface area contributed by atoms with E-state index in [0.717, 1.165) is 18.4 Å². The normalized spacial score (nSPS) is 12.1. The maximum Gasteiger partial charge on any atom is 0.261 e. The maximum atomic E-state index is 12.5. The molecule has 27 heavy (non-hydrogen) atoms. The van der Waals surface area contributed by atoms with Crippen LogP contribution in [0.4, 0.5) is 5.69 Å². The first-order chi connectivity index (χ1) is 12.8. The second-order valence-electron chi connectivity index (χ2n) is 5.96. The Balaban J connectivity index is 2.11. The zero-order valence-corrected chi connectivity index (χ0v) is 17.4. The van der Waals surface area contributed by atoms with E-state index >= 15 is 0 Å². The smallest absolute Gasteiger partial charge is 0.261 e. The van der Waals surface area contributed by atoms with Gasteiger partial charge in [-0.1, -0.05) is 19.1 Å². The van der Waals surface area contributed by atoms with Crippen molar-refractivity contribution in [3.63, 3.8) is 0 Å². The van der Waals surface area contributed by atoms with Crippen molar-refractivity contribution in [1.82, 2.24) is 4.72 Å². The monoisotopic (exact) mass is 430 g/mol. The Bertz CT molecular complexity index is 942. The first-order valence-corrected chi connectivity index (χ1v) is 12.1. The van der Waals surface area contributed by atoms with Crippen LogP contribution in [0.25, 0.3) is 0 Å². The summed E-state index contributed by atoms with van der Waals surface area (Å²) in [6, 6.07) is 12.2. The highest BCUT2D eigenvalue weighted by molar-refractivity contribution is 7.92. The third kappa shape index (κ3) is 6.21. The Labute approximate surface area is 166 Å². The number of nitrogens with one attached hydrogen (secondary N) is 2. The summed E-state index contributed by atoms with van der Waals surface area (Å²) >= 11 is 5.66. The van der Waals surface area contributed by atoms with Gasteiger partial charge in [0.15, 0.2) is 0 Å². The minimum Gasteiger partial charge on any atom is -0.280 e. The summed E-state index contributed by atoms with van der Waals surface area (Å²) in [4.78, 5) is 0.223. The lowest BCUT2D eigenvalue weighted by atomic mass is 10.1. The molecule has 0 heterocycles. The van der Waals surface area contributed by atoms with Crippen LogP contribution in [0.1, 0.15) is 25.3 Å². The topological polar surface area (TPSA) is 92.3 Å². The number of benzene rings is 2. The summed E-state index contributed by atoms with van der Waals surface area (Å²) in [5.41, 5.74) is 1.30. The SMILES string of the molecule is CCCNS(=O)(=O)c1ccc(NS(=O)(=O)c2ccc(CCCCl)cc2)cc1. The van der Waals surface area contributed by atoms with E-state index in [0.29, 0.717) is 18.8 Å². The molecule has 2 rings (SSSR count). The number of alkyl halides is 1. The molecule has 2 aromatic rings. The second kappa shape index (κ2) is 9.54. The molecule has 0 fully saturated rings. The molecule has 0 unspecified atom stereocenters. The lowest BCUT2D eigenvalue weighted by Gasteiger charge is -2.10. The summed E-state index contributed by atoms with van der Waals surface area (Å²) in [5, 5.41) is 0. The van der Waals surface area contributed by atoms with E-state index in [2.05, 4.69) is 9.44 Å². The summed E-state index contributed by atoms with van der Waals surface area (Å²) in [6.45, 7) is 2.21. The average molecular weight is 431 g/mol. The summed E-state index contributed by atoms with van der Waals surface area (Å²) in [5.74, 6) is 0.557. The number of halogens is 1. The fourth-order valence-electron chi connectivity index (χ4n) is 2.34. The molecule has 0 saturated heterocycles. The highest BCUT2D eigenvalue weighted by Crippen LogP contribution is 2.19. The Morgan fingerprint density at radius 1 is 0.852 bits per heavy atom. The van der Waals surface area contributed by atoms with E-state index in [-0.39, 0.29) is 15.5 Å². The summed E-state index contributed by atoms with van der Waals surface area (Å²) < 4.78 is 54.0. The van der Waals surface area contributed by atoms with E-state index in [9.17, 15) is 16.8 Å². The Kier molecular flexibility index (Phi) is 7.67. The number of sulfonamides is 2. The first-order valence-electron chi connectivity index (χ1n) is 8.56. The Morgan fingerprint density at radius 2 is 1.41 bits per heavy atom. The first kappa shape index (κ1) is 21.7. The van der Waals surface area contributed by atoms with Crippen molar-refractivity contribution >= 4 is 37.3 Å². The molecule has 2 aromatic carbocycles. The molecular formula is C18H23ClN2O4S2. The molecular weight excluding hydrogens is 408 g/mol. The van der Waals surface area contributed by atoms with Gasteiger partial charge < -0.3 is 0 Å². The number of anilines is 1. The van der Waals surface area contributed by atoms with Crippen LogP contribution < -0.4 is 9.44 Å². The van der Waals surface area contributed by atoms with E-state index in [1.54, 1.807) is 24.3 Å². The van der Waals surface area contributed by atoms with Gasteiger partial charge in [0.2, 0.25) is 10.0 Å². The molecule has 0 aliphatic rings. The minimum absolute atomic E-state index is 0.0857. The van der Waals surface area contributed by atoms with Gasteiger partial charge >= 0.3 is 0 Å². The summed E-state index contributed by atoms with van der Waals surface area (Å²) in [6.07, 6.45) is 2.30. The fraction of sp³-hybridized carbons (Fsp3) is 0.333. The predicted octanol–water partition coefficient (Wildman–Crippen LogP) is 3.35. The van der Waals surface area contributed by atoms with E-state index in [4.69, 9.17) is 11.6 Å². The van der Waals surface area contributed by atoms with E-state index in [1.165, 1.54) is 24.3 Å². The Morgan fingerprint density at radius 3 is 1.96 bits per heavy atom. The molecule has 0 aliphatic carbocycles. The van der Waals surface area contributed by atoms with E-state index < -0.39 is 20.0 Å². The van der Waals surface area contributed by atoms with Gasteiger partial charge in [-0.05, 0) is 61.2 Å². The zero-order chi connectivity index (χ0) is 19.9. The molecule has 0 atom stereocenters. The predicted molar refractivity (Wildman–Crippen MR) is 108 cm³/mol. The van der Waals surface area contributed by atoms with Crippen LogP contribution in [0.2, 0.25) is 0 Å². The van der Waals surface area contributed by atoms with Crippen LogP contribution >= 0.6 is 11.6 Å². The molecule has 0 bridgehead atoms. The van der Waals surface area contributed by atoms with Crippen LogP contribution in [0.3, 0.4) is 0 Å². The molecule has 0 saturated carbocycles. The van der Waals surface area contributed by atoms with Crippen LogP contribution in [-0.4, -0.2) is 29.3 Å². The molecule has 0 aliphatic heterocycles. The van der Waals surface area contributed by atoms with Gasteiger partial charge in [0.05, 0.1) is 9.79 Å². The van der Waals surface area contributed by atoms with Crippen LogP contribution in [0.5, 0.6) is 0 Å². The van der Waals surface area contributed by atoms with Crippen LogP contribution in [0, 0.1) is 0 Å². The third-order valence-electron chi connectivity index (χ3n) is 3.79. The van der Waals surface area contributed by atoms with Gasteiger partial charge in [-0.25, -0.2) is 21.6 Å². The minimum atomic E-state index is -3.75. The quantitative estimate of drug-likeness (QED) is 0.565. The second-order valence-corrected chi connectivity index (χ2v) is 9.79. The zero-order valence-electron chi connectivity index (χ0n) is 15.0. The maximum absolute atomic E-state index is 12.5. The molecule has 9 heteroatoms. The van der Waals surface area contributed by atoms with Gasteiger partial charge in [-0.3, -0.25) is 4.72 Å². The average Bonchev–Trinajstić information content (AvgIpc) is 2.65. The Hall–Kier alpha value is -1.61. The van der Waals surface area contributed by atoms with Crippen LogP contribution in [-0.2, 0) is 26.5 Å². The third-order valence-corrected chi connectivity index (χ3v) is 6.93. The van der Waals surface area contributed by atoms with Gasteiger partial charge in [-0.15, -0.1) is 11.6 Å². The van der Waals surface area contributed by atoms with Crippen molar-refractivity contribution < 1.29 is 16.8 Å². The molecule has 0 amide bonds. The lowest BCUT2D eigenvalue weighted by molar-refractivity contribution is 0.581. The molecule has 0 aromatic heterocycles. The largest absolute Gasteiger partial charge is 0.280 e. The van der Waals surface area contributed by atoms with Crippen molar-refractivity contribution in [2.45, 2.75) is 36.0 Å². The number of hydrogen-bond donors (Lipinski definition) is 2. The molecule has 2 N–H and O–H groups in total. The van der Waals surface area contributed by atoms with Gasteiger partial charge in [-0.2, -0.15) is 0 Å². The lowest BCUT2D eigenvalue weighted by Crippen LogP contribution is -2.24. The van der Waals surface area contributed by atoms with Crippen molar-refractivity contribution in [3.05, 3.63) is 54.1 Å². The fourth-order valence-corrected chi connectivity index (χ4v) is 4.67. The highest BCUT2D eigenvalue weighted by atomic mass is 35.5. The van der Waals surface area contributed by atoms with Gasteiger partial charge in [0, 0.05) is 18.1 Å². The highest BCUT2D eigenvalue weighted by Gasteiger charge is 2.16. The van der Waals surface area contributed by atoms with Crippen molar-refractivity contribution in [2.75, 3.05) is 17.1 Å². The molecule has 0 spiro atoms. The van der Waals surface area contributed by atoms with Gasteiger partial charge in [0.25, 0.3) is 10.0 Å². The molecule has 0 radical (unpaired) electrons. The number of aryl methyl sites for hydroxylation is 1. The molecule has 6 nitrogen and oxygen atoms in total. The van der Waals surface area contributed by atoms with Crippen molar-refractivity contribution in [3.8, 4) is 0 Å². The van der Waals surface area contributed by atoms with Crippen molar-refractivity contribution in [1.29, 1.82) is 0 Å². The van der Waals surface area contributed by atoms with Crippen molar-refractivity contribution in [2.24, 2.45) is 0 Å². The van der Waals surface area contributed by atoms with E-state index in [1.807, 2.05) is 6.92 Å². The summed E-state index contributed by atoms with van der Waals surface area (Å²) in [7, 11) is -7.34. The number of rotatable bonds is 10. The van der Waals surface area contributed by atoms with Crippen LogP contribution in [0.15, 0.2) is 58.3 Å². The standard InChI is InChI=1S/C18H23ClN2O4S2/c1-2-14-20-26(22,23)17-11-7-16(8-12-17)21-27(24,25)18-9-5-15(6-10-18)4-3-13-19/h5-12,20-21H,2-4,13-14H2,1H3. The van der Waals surface area contributed by atoms with Gasteiger partial charge in [0.1, 0.15) is 0 Å². The molecule has 148 valence electrons. The number of hydrogen-bond acceptors (Lipinski definition) is 4.